The van der Waals surface area contributed by atoms with E-state index in [1.165, 1.54) is 0 Å². The number of hydrogen-bond donors (Lipinski definition) is 2. The van der Waals surface area contributed by atoms with E-state index >= 15 is 0 Å². The van der Waals surface area contributed by atoms with Gasteiger partial charge in [0.05, 0.1) is 27.7 Å². The van der Waals surface area contributed by atoms with Gasteiger partial charge in [-0.05, 0) is 59.7 Å². The van der Waals surface area contributed by atoms with Crippen molar-refractivity contribution in [1.82, 2.24) is 19.5 Å². The van der Waals surface area contributed by atoms with Crippen LogP contribution < -0.4 is 10.0 Å². The van der Waals surface area contributed by atoms with E-state index in [0.717, 1.165) is 21.9 Å². The lowest BCUT2D eigenvalue weighted by Gasteiger charge is -2.14. The molecule has 8 nitrogen and oxygen atoms in total. The number of fused-ring (bicyclic) bond motifs is 2. The Hall–Kier alpha value is -4.76. The molecule has 1 atom stereocenters. The van der Waals surface area contributed by atoms with Crippen LogP contribution >= 0.6 is 0 Å². The van der Waals surface area contributed by atoms with Crippen molar-refractivity contribution in [3.63, 3.8) is 0 Å². The molecule has 6 rings (SSSR count). The highest BCUT2D eigenvalue weighted by Gasteiger charge is 2.16. The Morgan fingerprint density at radius 2 is 1.61 bits per heavy atom. The SMILES string of the molecule is CC(Nc1nccc(-n2cnc3cc(NS(=O)(=O)c4ccc5ccccc5c4)ccc32)n1)c1ccccc1. The van der Waals surface area contributed by atoms with E-state index in [9.17, 15) is 8.42 Å². The van der Waals surface area contributed by atoms with Crippen LogP contribution in [0.4, 0.5) is 11.6 Å². The van der Waals surface area contributed by atoms with E-state index in [1.807, 2.05) is 53.1 Å². The summed E-state index contributed by atoms with van der Waals surface area (Å²) in [4.78, 5) is 13.7. The lowest BCUT2D eigenvalue weighted by Crippen LogP contribution is -2.12. The molecule has 6 aromatic rings. The van der Waals surface area contributed by atoms with Gasteiger partial charge in [0.1, 0.15) is 12.1 Å². The van der Waals surface area contributed by atoms with E-state index in [2.05, 4.69) is 44.0 Å². The maximum Gasteiger partial charge on any atom is 0.261 e. The number of anilines is 2. The van der Waals surface area contributed by atoms with Gasteiger partial charge in [-0.15, -0.1) is 0 Å². The number of aromatic nitrogens is 4. The molecule has 0 saturated heterocycles. The van der Waals surface area contributed by atoms with Crippen molar-refractivity contribution in [2.24, 2.45) is 0 Å². The number of sulfonamides is 1. The summed E-state index contributed by atoms with van der Waals surface area (Å²) >= 11 is 0. The average Bonchev–Trinajstić information content (AvgIpc) is 3.36. The van der Waals surface area contributed by atoms with Crippen LogP contribution in [0.3, 0.4) is 0 Å². The van der Waals surface area contributed by atoms with E-state index < -0.39 is 10.0 Å². The first-order valence-electron chi connectivity index (χ1n) is 12.1. The summed E-state index contributed by atoms with van der Waals surface area (Å²) in [6.07, 6.45) is 3.36. The normalized spacial score (nSPS) is 12.4. The van der Waals surface area contributed by atoms with Gasteiger partial charge in [-0.25, -0.2) is 18.4 Å². The highest BCUT2D eigenvalue weighted by atomic mass is 32.2. The number of rotatable bonds is 7. The molecular weight excluding hydrogens is 496 g/mol. The monoisotopic (exact) mass is 520 g/mol. The Labute approximate surface area is 220 Å². The largest absolute Gasteiger partial charge is 0.348 e. The fraction of sp³-hybridized carbons (Fsp3) is 0.0690. The van der Waals surface area contributed by atoms with Crippen molar-refractivity contribution < 1.29 is 8.42 Å². The van der Waals surface area contributed by atoms with Gasteiger partial charge < -0.3 is 5.32 Å². The molecule has 38 heavy (non-hydrogen) atoms. The summed E-state index contributed by atoms with van der Waals surface area (Å²) in [6, 6.07) is 29.9. The molecule has 0 fully saturated rings. The number of nitrogens with zero attached hydrogens (tertiary/aromatic N) is 4. The quantitative estimate of drug-likeness (QED) is 0.270. The minimum absolute atomic E-state index is 0.0316. The number of imidazole rings is 1. The van der Waals surface area contributed by atoms with Gasteiger partial charge in [-0.3, -0.25) is 9.29 Å². The van der Waals surface area contributed by atoms with Crippen LogP contribution in [0, 0.1) is 0 Å². The molecule has 9 heteroatoms. The fourth-order valence-corrected chi connectivity index (χ4v) is 5.46. The lowest BCUT2D eigenvalue weighted by molar-refractivity contribution is 0.601. The van der Waals surface area contributed by atoms with Gasteiger partial charge in [-0.1, -0.05) is 60.7 Å². The van der Waals surface area contributed by atoms with Gasteiger partial charge in [0.15, 0.2) is 0 Å². The zero-order valence-electron chi connectivity index (χ0n) is 20.5. The smallest absolute Gasteiger partial charge is 0.261 e. The van der Waals surface area contributed by atoms with E-state index in [0.29, 0.717) is 23.0 Å². The number of benzene rings is 4. The molecule has 0 aliphatic rings. The molecule has 0 aliphatic heterocycles. The topological polar surface area (TPSA) is 102 Å². The maximum atomic E-state index is 13.1. The Morgan fingerprint density at radius 1 is 0.816 bits per heavy atom. The van der Waals surface area contributed by atoms with Crippen LogP contribution in [0.5, 0.6) is 0 Å². The van der Waals surface area contributed by atoms with E-state index in [-0.39, 0.29) is 10.9 Å². The van der Waals surface area contributed by atoms with Gasteiger partial charge in [0.2, 0.25) is 5.95 Å². The van der Waals surface area contributed by atoms with Crippen molar-refractivity contribution in [1.29, 1.82) is 0 Å². The van der Waals surface area contributed by atoms with Gasteiger partial charge in [0.25, 0.3) is 10.0 Å². The minimum Gasteiger partial charge on any atom is -0.348 e. The molecule has 0 aliphatic carbocycles. The van der Waals surface area contributed by atoms with Crippen molar-refractivity contribution in [2.75, 3.05) is 10.0 Å². The van der Waals surface area contributed by atoms with Crippen LogP contribution in [0.15, 0.2) is 114 Å². The molecule has 2 aromatic heterocycles. The number of hydrogen-bond acceptors (Lipinski definition) is 6. The third-order valence-electron chi connectivity index (χ3n) is 6.36. The Bertz CT molecular complexity index is 1870. The molecule has 0 bridgehead atoms. The highest BCUT2D eigenvalue weighted by molar-refractivity contribution is 7.92. The zero-order valence-corrected chi connectivity index (χ0v) is 21.3. The van der Waals surface area contributed by atoms with Gasteiger partial charge >= 0.3 is 0 Å². The third kappa shape index (κ3) is 4.67. The average molecular weight is 521 g/mol. The first-order chi connectivity index (χ1) is 18.5. The first kappa shape index (κ1) is 23.6. The molecule has 4 aromatic carbocycles. The minimum atomic E-state index is -3.77. The summed E-state index contributed by atoms with van der Waals surface area (Å²) in [7, 11) is -3.77. The predicted octanol–water partition coefficient (Wildman–Crippen LogP) is 5.94. The van der Waals surface area contributed by atoms with Crippen LogP contribution in [0.2, 0.25) is 0 Å². The molecule has 0 spiro atoms. The second kappa shape index (κ2) is 9.60. The third-order valence-corrected chi connectivity index (χ3v) is 7.74. The Morgan fingerprint density at radius 3 is 2.45 bits per heavy atom. The molecular formula is C29H24N6O2S. The van der Waals surface area contributed by atoms with E-state index in [4.69, 9.17) is 0 Å². The predicted molar refractivity (Wildman–Crippen MR) is 150 cm³/mol. The van der Waals surface area contributed by atoms with Crippen LogP contribution in [0.25, 0.3) is 27.6 Å². The summed E-state index contributed by atoms with van der Waals surface area (Å²) < 4.78 is 30.7. The standard InChI is InChI=1S/C29H24N6O2S/c1-20(21-7-3-2-4-8-21)32-29-30-16-15-28(33-29)35-19-31-26-18-24(12-14-27(26)35)34-38(36,37)25-13-11-22-9-5-6-10-23(22)17-25/h2-20,34H,1H3,(H,30,32,33). The summed E-state index contributed by atoms with van der Waals surface area (Å²) in [5.74, 6) is 1.15. The maximum absolute atomic E-state index is 13.1. The lowest BCUT2D eigenvalue weighted by atomic mass is 10.1. The first-order valence-corrected chi connectivity index (χ1v) is 13.6. The molecule has 0 radical (unpaired) electrons. The van der Waals surface area contributed by atoms with Crippen molar-refractivity contribution in [3.05, 3.63) is 115 Å². The van der Waals surface area contributed by atoms with Crippen molar-refractivity contribution in [2.45, 2.75) is 17.9 Å². The van der Waals surface area contributed by atoms with Gasteiger partial charge in [0, 0.05) is 6.20 Å². The molecule has 0 saturated carbocycles. The molecule has 2 N–H and O–H groups in total. The Balaban J connectivity index is 1.25. The highest BCUT2D eigenvalue weighted by Crippen LogP contribution is 2.25. The number of nitrogens with one attached hydrogen (secondary N) is 2. The summed E-state index contributed by atoms with van der Waals surface area (Å²) in [5.41, 5.74) is 2.99. The molecule has 1 unspecified atom stereocenters. The van der Waals surface area contributed by atoms with Crippen molar-refractivity contribution in [3.8, 4) is 5.82 Å². The second-order valence-electron chi connectivity index (χ2n) is 8.95. The molecule has 0 amide bonds. The van der Waals surface area contributed by atoms with Crippen LogP contribution in [0.1, 0.15) is 18.5 Å². The molecule has 2 heterocycles. The summed E-state index contributed by atoms with van der Waals surface area (Å²) in [5, 5.41) is 5.18. The summed E-state index contributed by atoms with van der Waals surface area (Å²) in [6.45, 7) is 2.05. The zero-order chi connectivity index (χ0) is 26.1. The van der Waals surface area contributed by atoms with Gasteiger partial charge in [-0.2, -0.15) is 4.98 Å². The Kier molecular flexibility index (Phi) is 5.97. The van der Waals surface area contributed by atoms with Crippen LogP contribution in [-0.4, -0.2) is 27.9 Å². The van der Waals surface area contributed by atoms with Crippen LogP contribution in [-0.2, 0) is 10.0 Å². The van der Waals surface area contributed by atoms with Crippen molar-refractivity contribution >= 4 is 43.5 Å². The molecule has 188 valence electrons. The van der Waals surface area contributed by atoms with E-state index in [1.54, 1.807) is 48.9 Å². The fourth-order valence-electron chi connectivity index (χ4n) is 4.38. The second-order valence-corrected chi connectivity index (χ2v) is 10.6.